The van der Waals surface area contributed by atoms with Gasteiger partial charge < -0.3 is 4.74 Å². The Balaban J connectivity index is 2.34. The lowest BCUT2D eigenvalue weighted by Crippen LogP contribution is -2.04. The molecule has 0 fully saturated rings. The van der Waals surface area contributed by atoms with Gasteiger partial charge in [0.25, 0.3) is 0 Å². The van der Waals surface area contributed by atoms with Crippen molar-refractivity contribution < 1.29 is 9.53 Å². The van der Waals surface area contributed by atoms with Gasteiger partial charge in [-0.25, -0.2) is 0 Å². The molecule has 2 rings (SSSR count). The molecule has 0 spiro atoms. The lowest BCUT2D eigenvalue weighted by atomic mass is 9.99. The summed E-state index contributed by atoms with van der Waals surface area (Å²) in [7, 11) is 0. The molecule has 0 amide bonds. The highest BCUT2D eigenvalue weighted by atomic mass is 16.5. The first-order chi connectivity index (χ1) is 8.72. The van der Waals surface area contributed by atoms with Gasteiger partial charge in [0.1, 0.15) is 5.75 Å². The van der Waals surface area contributed by atoms with Crippen LogP contribution < -0.4 is 4.74 Å². The minimum atomic E-state index is 0.0367. The summed E-state index contributed by atoms with van der Waals surface area (Å²) in [5.74, 6) is 0.770. The number of benzene rings is 2. The fraction of sp³-hybridized carbons (Fsp3) is 0.188. The van der Waals surface area contributed by atoms with Crippen LogP contribution in [-0.4, -0.2) is 12.4 Å². The Hall–Kier alpha value is -2.09. The third-order valence-electron chi connectivity index (χ3n) is 2.80. The van der Waals surface area contributed by atoms with Gasteiger partial charge in [-0.3, -0.25) is 4.79 Å². The highest BCUT2D eigenvalue weighted by molar-refractivity contribution is 6.10. The highest BCUT2D eigenvalue weighted by Gasteiger charge is 2.11. The third-order valence-corrected chi connectivity index (χ3v) is 2.80. The predicted octanol–water partition coefficient (Wildman–Crippen LogP) is 3.62. The van der Waals surface area contributed by atoms with E-state index in [-0.39, 0.29) is 5.78 Å². The van der Waals surface area contributed by atoms with Crippen molar-refractivity contribution in [2.45, 2.75) is 13.8 Å². The van der Waals surface area contributed by atoms with Crippen molar-refractivity contribution in [2.24, 2.45) is 0 Å². The summed E-state index contributed by atoms with van der Waals surface area (Å²) in [6, 6.07) is 14.9. The average Bonchev–Trinajstić information content (AvgIpc) is 2.39. The van der Waals surface area contributed by atoms with Crippen LogP contribution in [0.4, 0.5) is 0 Å². The van der Waals surface area contributed by atoms with Crippen LogP contribution in [0.3, 0.4) is 0 Å². The number of rotatable bonds is 4. The van der Waals surface area contributed by atoms with Gasteiger partial charge in [0.15, 0.2) is 5.78 Å². The van der Waals surface area contributed by atoms with Crippen LogP contribution in [0.25, 0.3) is 0 Å². The van der Waals surface area contributed by atoms with Crippen LogP contribution in [0.1, 0.15) is 28.4 Å². The maximum Gasteiger partial charge on any atom is 0.193 e. The maximum absolute atomic E-state index is 12.4. The SMILES string of the molecule is CCOc1cccc(C(=O)c2ccccc2C)c1. The molecule has 0 aliphatic rings. The monoisotopic (exact) mass is 240 g/mol. The minimum absolute atomic E-state index is 0.0367. The van der Waals surface area contributed by atoms with Crippen molar-refractivity contribution in [1.29, 1.82) is 0 Å². The highest BCUT2D eigenvalue weighted by Crippen LogP contribution is 2.18. The van der Waals surface area contributed by atoms with E-state index < -0.39 is 0 Å². The molecule has 0 radical (unpaired) electrons. The van der Waals surface area contributed by atoms with Gasteiger partial charge in [-0.1, -0.05) is 36.4 Å². The van der Waals surface area contributed by atoms with Crippen LogP contribution in [0.2, 0.25) is 0 Å². The van der Waals surface area contributed by atoms with Gasteiger partial charge in [0.2, 0.25) is 0 Å². The number of aryl methyl sites for hydroxylation is 1. The van der Waals surface area contributed by atoms with Crippen molar-refractivity contribution >= 4 is 5.78 Å². The quantitative estimate of drug-likeness (QED) is 0.763. The molecule has 0 aromatic heterocycles. The zero-order valence-corrected chi connectivity index (χ0v) is 10.6. The predicted molar refractivity (Wildman–Crippen MR) is 72.2 cm³/mol. The first-order valence-electron chi connectivity index (χ1n) is 6.05. The van der Waals surface area contributed by atoms with E-state index in [1.54, 1.807) is 6.07 Å². The third kappa shape index (κ3) is 2.59. The van der Waals surface area contributed by atoms with Crippen LogP contribution in [0, 0.1) is 6.92 Å². The molecule has 0 saturated heterocycles. The van der Waals surface area contributed by atoms with E-state index >= 15 is 0 Å². The summed E-state index contributed by atoms with van der Waals surface area (Å²) in [6.07, 6.45) is 0. The van der Waals surface area contributed by atoms with E-state index in [9.17, 15) is 4.79 Å². The van der Waals surface area contributed by atoms with Gasteiger partial charge in [0, 0.05) is 11.1 Å². The van der Waals surface area contributed by atoms with Crippen molar-refractivity contribution in [1.82, 2.24) is 0 Å². The Kier molecular flexibility index (Phi) is 3.78. The van der Waals surface area contributed by atoms with Crippen molar-refractivity contribution in [2.75, 3.05) is 6.61 Å². The largest absolute Gasteiger partial charge is 0.494 e. The number of hydrogen-bond donors (Lipinski definition) is 0. The van der Waals surface area contributed by atoms with Crippen LogP contribution in [0.15, 0.2) is 48.5 Å². The van der Waals surface area contributed by atoms with Gasteiger partial charge in [-0.2, -0.15) is 0 Å². The molecule has 2 nitrogen and oxygen atoms in total. The molecule has 2 heteroatoms. The maximum atomic E-state index is 12.4. The first-order valence-corrected chi connectivity index (χ1v) is 6.05. The van der Waals surface area contributed by atoms with Crippen molar-refractivity contribution in [3.8, 4) is 5.75 Å². The van der Waals surface area contributed by atoms with E-state index in [4.69, 9.17) is 4.74 Å². The lowest BCUT2D eigenvalue weighted by Gasteiger charge is -2.07. The van der Waals surface area contributed by atoms with Crippen molar-refractivity contribution in [3.05, 3.63) is 65.2 Å². The summed E-state index contributed by atoms with van der Waals surface area (Å²) >= 11 is 0. The second kappa shape index (κ2) is 5.50. The van der Waals surface area contributed by atoms with Crippen LogP contribution in [-0.2, 0) is 0 Å². The molecular weight excluding hydrogens is 224 g/mol. The summed E-state index contributed by atoms with van der Waals surface area (Å²) in [5, 5.41) is 0. The van der Waals surface area contributed by atoms with Gasteiger partial charge in [-0.15, -0.1) is 0 Å². The Morgan fingerprint density at radius 3 is 2.61 bits per heavy atom. The molecule has 18 heavy (non-hydrogen) atoms. The summed E-state index contributed by atoms with van der Waals surface area (Å²) in [5.41, 5.74) is 2.39. The van der Waals surface area contributed by atoms with E-state index in [2.05, 4.69) is 0 Å². The fourth-order valence-electron chi connectivity index (χ4n) is 1.88. The first kappa shape index (κ1) is 12.4. The van der Waals surface area contributed by atoms with Gasteiger partial charge in [0.05, 0.1) is 6.61 Å². The number of carbonyl (C=O) groups is 1. The lowest BCUT2D eigenvalue weighted by molar-refractivity contribution is 0.103. The average molecular weight is 240 g/mol. The number of ether oxygens (including phenoxy) is 1. The van der Waals surface area contributed by atoms with E-state index in [1.165, 1.54) is 0 Å². The summed E-state index contributed by atoms with van der Waals surface area (Å²) in [6.45, 7) is 4.47. The smallest absolute Gasteiger partial charge is 0.193 e. The molecule has 0 atom stereocenters. The standard InChI is InChI=1S/C16H16O2/c1-3-18-14-9-6-8-13(11-14)16(17)15-10-5-4-7-12(15)2/h4-11H,3H2,1-2H3. The molecular formula is C16H16O2. The number of carbonyl (C=O) groups excluding carboxylic acids is 1. The van der Waals surface area contributed by atoms with Gasteiger partial charge >= 0.3 is 0 Å². The van der Waals surface area contributed by atoms with Gasteiger partial charge in [-0.05, 0) is 31.5 Å². The van der Waals surface area contributed by atoms with Crippen LogP contribution >= 0.6 is 0 Å². The molecule has 2 aromatic carbocycles. The Bertz CT molecular complexity index is 559. The second-order valence-electron chi connectivity index (χ2n) is 4.10. The summed E-state index contributed by atoms with van der Waals surface area (Å²) in [4.78, 5) is 12.4. The molecule has 0 aliphatic carbocycles. The Morgan fingerprint density at radius 1 is 1.11 bits per heavy atom. The van der Waals surface area contributed by atoms with Crippen LogP contribution in [0.5, 0.6) is 5.75 Å². The Labute approximate surface area is 107 Å². The normalized spacial score (nSPS) is 10.1. The molecule has 0 heterocycles. The topological polar surface area (TPSA) is 26.3 Å². The number of hydrogen-bond acceptors (Lipinski definition) is 2. The number of ketones is 1. The second-order valence-corrected chi connectivity index (χ2v) is 4.10. The molecule has 0 unspecified atom stereocenters. The fourth-order valence-corrected chi connectivity index (χ4v) is 1.88. The molecule has 0 saturated carbocycles. The minimum Gasteiger partial charge on any atom is -0.494 e. The van der Waals surface area contributed by atoms with E-state index in [0.29, 0.717) is 12.2 Å². The van der Waals surface area contributed by atoms with E-state index in [1.807, 2.05) is 56.3 Å². The zero-order valence-electron chi connectivity index (χ0n) is 10.6. The van der Waals surface area contributed by atoms with Crippen molar-refractivity contribution in [3.63, 3.8) is 0 Å². The van der Waals surface area contributed by atoms with E-state index in [0.717, 1.165) is 16.9 Å². The molecule has 92 valence electrons. The molecule has 0 aliphatic heterocycles. The zero-order chi connectivity index (χ0) is 13.0. The molecule has 0 bridgehead atoms. The molecule has 2 aromatic rings. The molecule has 0 N–H and O–H groups in total. The summed E-state index contributed by atoms with van der Waals surface area (Å²) < 4.78 is 5.41. The Morgan fingerprint density at radius 2 is 1.89 bits per heavy atom.